The van der Waals surface area contributed by atoms with Crippen molar-refractivity contribution in [3.8, 4) is 17.2 Å². The molecule has 3 rings (SSSR count). The third-order valence-corrected chi connectivity index (χ3v) is 4.95. The molecule has 1 aliphatic heterocycles. The van der Waals surface area contributed by atoms with Crippen LogP contribution in [0.3, 0.4) is 0 Å². The molecule has 6 nitrogen and oxygen atoms in total. The minimum atomic E-state index is -0.227. The largest absolute Gasteiger partial charge is 0.502 e. The molecule has 1 amide bonds. The molecular formula is C20H20N2O4S. The van der Waals surface area contributed by atoms with Crippen LogP contribution in [0.25, 0.3) is 6.08 Å². The quantitative estimate of drug-likeness (QED) is 0.781. The van der Waals surface area contributed by atoms with Gasteiger partial charge in [-0.25, -0.2) is 4.99 Å². The Morgan fingerprint density at radius 3 is 2.41 bits per heavy atom. The molecule has 0 bridgehead atoms. The van der Waals surface area contributed by atoms with Gasteiger partial charge >= 0.3 is 0 Å². The first-order valence-corrected chi connectivity index (χ1v) is 9.04. The second-order valence-electron chi connectivity index (χ2n) is 6.05. The summed E-state index contributed by atoms with van der Waals surface area (Å²) in [6.45, 7) is 3.98. The SMILES string of the molecule is COc1cc(/C=C2\SC(=Nc3cc(C)ccc3C)NC2=O)cc(OC)c1O. The van der Waals surface area contributed by atoms with Gasteiger partial charge in [0.2, 0.25) is 5.75 Å². The molecule has 0 radical (unpaired) electrons. The fourth-order valence-corrected chi connectivity index (χ4v) is 3.41. The van der Waals surface area contributed by atoms with E-state index in [2.05, 4.69) is 10.3 Å². The summed E-state index contributed by atoms with van der Waals surface area (Å²) < 4.78 is 10.3. The highest BCUT2D eigenvalue weighted by Crippen LogP contribution is 2.38. The molecular weight excluding hydrogens is 364 g/mol. The van der Waals surface area contributed by atoms with Gasteiger partial charge in [-0.2, -0.15) is 0 Å². The van der Waals surface area contributed by atoms with E-state index >= 15 is 0 Å². The van der Waals surface area contributed by atoms with Gasteiger partial charge in [0.1, 0.15) is 0 Å². The number of aliphatic imine (C=N–C) groups is 1. The van der Waals surface area contributed by atoms with Gasteiger partial charge in [-0.05, 0) is 66.6 Å². The van der Waals surface area contributed by atoms with Gasteiger partial charge in [0, 0.05) is 0 Å². The van der Waals surface area contributed by atoms with Crippen LogP contribution in [0.5, 0.6) is 17.2 Å². The Kier molecular flexibility index (Phi) is 5.41. The Balaban J connectivity index is 1.92. The Morgan fingerprint density at radius 1 is 1.11 bits per heavy atom. The van der Waals surface area contributed by atoms with Gasteiger partial charge in [0.05, 0.1) is 24.8 Å². The van der Waals surface area contributed by atoms with Crippen molar-refractivity contribution in [2.75, 3.05) is 14.2 Å². The van der Waals surface area contributed by atoms with E-state index in [0.717, 1.165) is 16.8 Å². The lowest BCUT2D eigenvalue weighted by Crippen LogP contribution is -2.19. The van der Waals surface area contributed by atoms with Crippen molar-refractivity contribution in [1.29, 1.82) is 0 Å². The average molecular weight is 384 g/mol. The summed E-state index contributed by atoms with van der Waals surface area (Å²) in [5, 5.41) is 13.3. The van der Waals surface area contributed by atoms with Gasteiger partial charge in [-0.3, -0.25) is 4.79 Å². The van der Waals surface area contributed by atoms with Crippen LogP contribution in [0, 0.1) is 13.8 Å². The van der Waals surface area contributed by atoms with E-state index in [1.165, 1.54) is 26.0 Å². The number of carbonyl (C=O) groups is 1. The molecule has 0 aromatic heterocycles. The number of amidine groups is 1. The van der Waals surface area contributed by atoms with E-state index in [1.807, 2.05) is 32.0 Å². The standard InChI is InChI=1S/C20H20N2O4S/c1-11-5-6-12(2)14(7-11)21-20-22-19(24)17(27-20)10-13-8-15(25-3)18(23)16(9-13)26-4/h5-10,23H,1-4H3,(H,21,22,24)/b17-10-. The van der Waals surface area contributed by atoms with Gasteiger partial charge in [0.15, 0.2) is 16.7 Å². The number of benzene rings is 2. The molecule has 2 N–H and O–H groups in total. The molecule has 2 aromatic rings. The zero-order chi connectivity index (χ0) is 19.6. The number of phenolic OH excluding ortho intramolecular Hbond substituents is 1. The monoisotopic (exact) mass is 384 g/mol. The summed E-state index contributed by atoms with van der Waals surface area (Å²) >= 11 is 1.26. The number of methoxy groups -OCH3 is 2. The van der Waals surface area contributed by atoms with E-state index < -0.39 is 0 Å². The Hall–Kier alpha value is -2.93. The first-order valence-electron chi connectivity index (χ1n) is 8.23. The number of rotatable bonds is 4. The number of thioether (sulfide) groups is 1. The van der Waals surface area contributed by atoms with E-state index in [0.29, 0.717) is 15.6 Å². The number of nitrogens with zero attached hydrogens (tertiary/aromatic N) is 1. The zero-order valence-electron chi connectivity index (χ0n) is 15.5. The highest BCUT2D eigenvalue weighted by molar-refractivity contribution is 8.18. The Labute approximate surface area is 161 Å². The Morgan fingerprint density at radius 2 is 1.78 bits per heavy atom. The fraction of sp³-hybridized carbons (Fsp3) is 0.200. The second kappa shape index (κ2) is 7.75. The molecule has 7 heteroatoms. The van der Waals surface area contributed by atoms with Crippen LogP contribution in [0.2, 0.25) is 0 Å². The molecule has 27 heavy (non-hydrogen) atoms. The number of ether oxygens (including phenoxy) is 2. The fourth-order valence-electron chi connectivity index (χ4n) is 2.58. The van der Waals surface area contributed by atoms with E-state index in [1.54, 1.807) is 18.2 Å². The van der Waals surface area contributed by atoms with Crippen LogP contribution in [-0.2, 0) is 4.79 Å². The normalized spacial score (nSPS) is 16.7. The minimum Gasteiger partial charge on any atom is -0.502 e. The lowest BCUT2D eigenvalue weighted by Gasteiger charge is -2.09. The molecule has 0 spiro atoms. The highest BCUT2D eigenvalue weighted by atomic mass is 32.2. The van der Waals surface area contributed by atoms with Crippen LogP contribution < -0.4 is 14.8 Å². The molecule has 0 saturated carbocycles. The predicted molar refractivity (Wildman–Crippen MR) is 108 cm³/mol. The molecule has 1 fully saturated rings. The average Bonchev–Trinajstić information content (AvgIpc) is 2.98. The number of amides is 1. The molecule has 1 heterocycles. The third-order valence-electron chi connectivity index (χ3n) is 4.04. The van der Waals surface area contributed by atoms with Gasteiger partial charge in [-0.15, -0.1) is 0 Å². The van der Waals surface area contributed by atoms with Crippen LogP contribution in [0.1, 0.15) is 16.7 Å². The number of nitrogens with one attached hydrogen (secondary N) is 1. The van der Waals surface area contributed by atoms with Gasteiger partial charge in [0.25, 0.3) is 5.91 Å². The maximum Gasteiger partial charge on any atom is 0.264 e. The van der Waals surface area contributed by atoms with Gasteiger partial charge in [-0.1, -0.05) is 12.1 Å². The lowest BCUT2D eigenvalue weighted by atomic mass is 10.1. The summed E-state index contributed by atoms with van der Waals surface area (Å²) in [5.41, 5.74) is 3.64. The van der Waals surface area contributed by atoms with Crippen LogP contribution in [-0.4, -0.2) is 30.4 Å². The van der Waals surface area contributed by atoms with Crippen molar-refractivity contribution in [2.45, 2.75) is 13.8 Å². The van der Waals surface area contributed by atoms with Crippen LogP contribution >= 0.6 is 11.8 Å². The lowest BCUT2D eigenvalue weighted by molar-refractivity contribution is -0.115. The number of phenols is 1. The molecule has 140 valence electrons. The number of hydrogen-bond acceptors (Lipinski definition) is 6. The summed E-state index contributed by atoms with van der Waals surface area (Å²) in [6, 6.07) is 9.28. The third kappa shape index (κ3) is 4.09. The molecule has 1 aliphatic rings. The highest BCUT2D eigenvalue weighted by Gasteiger charge is 2.24. The van der Waals surface area contributed by atoms with Crippen molar-refractivity contribution >= 4 is 34.6 Å². The molecule has 0 atom stereocenters. The van der Waals surface area contributed by atoms with E-state index in [9.17, 15) is 9.90 Å². The number of hydrogen-bond donors (Lipinski definition) is 2. The van der Waals surface area contributed by atoms with Crippen molar-refractivity contribution in [3.05, 3.63) is 51.9 Å². The topological polar surface area (TPSA) is 80.2 Å². The second-order valence-corrected chi connectivity index (χ2v) is 7.08. The number of aryl methyl sites for hydroxylation is 2. The molecule has 0 aliphatic carbocycles. The zero-order valence-corrected chi connectivity index (χ0v) is 16.3. The summed E-state index contributed by atoms with van der Waals surface area (Å²) in [7, 11) is 2.91. The smallest absolute Gasteiger partial charge is 0.264 e. The predicted octanol–water partition coefficient (Wildman–Crippen LogP) is 3.92. The summed E-state index contributed by atoms with van der Waals surface area (Å²) in [6.07, 6.45) is 1.70. The van der Waals surface area contributed by atoms with Crippen LogP contribution in [0.15, 0.2) is 40.2 Å². The summed E-state index contributed by atoms with van der Waals surface area (Å²) in [4.78, 5) is 17.4. The maximum atomic E-state index is 12.3. The molecule has 0 unspecified atom stereocenters. The van der Waals surface area contributed by atoms with Gasteiger partial charge < -0.3 is 19.9 Å². The number of carbonyl (C=O) groups excluding carboxylic acids is 1. The molecule has 2 aromatic carbocycles. The van der Waals surface area contributed by atoms with Crippen molar-refractivity contribution in [2.24, 2.45) is 4.99 Å². The summed E-state index contributed by atoms with van der Waals surface area (Å²) in [5.74, 6) is 0.237. The van der Waals surface area contributed by atoms with E-state index in [-0.39, 0.29) is 23.2 Å². The Bertz CT molecular complexity index is 941. The van der Waals surface area contributed by atoms with Crippen molar-refractivity contribution in [3.63, 3.8) is 0 Å². The number of aromatic hydroxyl groups is 1. The first-order chi connectivity index (χ1) is 12.9. The maximum absolute atomic E-state index is 12.3. The van der Waals surface area contributed by atoms with Crippen molar-refractivity contribution in [1.82, 2.24) is 5.32 Å². The minimum absolute atomic E-state index is 0.0807. The van der Waals surface area contributed by atoms with Crippen LogP contribution in [0.4, 0.5) is 5.69 Å². The van der Waals surface area contributed by atoms with Crippen molar-refractivity contribution < 1.29 is 19.4 Å². The molecule has 1 saturated heterocycles. The van der Waals surface area contributed by atoms with E-state index in [4.69, 9.17) is 9.47 Å². The first kappa shape index (κ1) is 18.8.